The summed E-state index contributed by atoms with van der Waals surface area (Å²) in [5.41, 5.74) is 6.35. The third-order valence-electron chi connectivity index (χ3n) is 3.56. The van der Waals surface area contributed by atoms with Gasteiger partial charge in [0.15, 0.2) is 0 Å². The standard InChI is InChI=1S/C13H20N2O3S/c1-13(2)7-12(13)15-19(16,17)11-6-9(8-14)4-5-10(11)18-3/h4-6,12,15H,7-8,14H2,1-3H3. The number of hydrogen-bond donors (Lipinski definition) is 2. The molecule has 1 saturated carbocycles. The van der Waals surface area contributed by atoms with E-state index in [1.54, 1.807) is 18.2 Å². The molecule has 0 radical (unpaired) electrons. The lowest BCUT2D eigenvalue weighted by Crippen LogP contribution is -2.29. The summed E-state index contributed by atoms with van der Waals surface area (Å²) in [6.07, 6.45) is 0.852. The molecule has 1 fully saturated rings. The summed E-state index contributed by atoms with van der Waals surface area (Å²) in [7, 11) is -2.12. The lowest BCUT2D eigenvalue weighted by molar-refractivity contribution is 0.402. The van der Waals surface area contributed by atoms with Gasteiger partial charge in [0.1, 0.15) is 10.6 Å². The first-order chi connectivity index (χ1) is 8.80. The number of ether oxygens (including phenoxy) is 1. The smallest absolute Gasteiger partial charge is 0.244 e. The van der Waals surface area contributed by atoms with Crippen molar-refractivity contribution in [3.05, 3.63) is 23.8 Å². The molecule has 0 heterocycles. The van der Waals surface area contributed by atoms with Gasteiger partial charge in [-0.05, 0) is 29.5 Å². The van der Waals surface area contributed by atoms with Crippen LogP contribution >= 0.6 is 0 Å². The predicted octanol–water partition coefficient (Wildman–Crippen LogP) is 1.23. The average molecular weight is 284 g/mol. The summed E-state index contributed by atoms with van der Waals surface area (Å²) >= 11 is 0. The lowest BCUT2D eigenvalue weighted by Gasteiger charge is -2.12. The molecule has 6 heteroatoms. The topological polar surface area (TPSA) is 81.4 Å². The van der Waals surface area contributed by atoms with Gasteiger partial charge in [0.2, 0.25) is 10.0 Å². The Bertz CT molecular complexity index is 582. The Balaban J connectivity index is 2.33. The molecule has 3 N–H and O–H groups in total. The molecule has 1 unspecified atom stereocenters. The molecule has 1 atom stereocenters. The van der Waals surface area contributed by atoms with Gasteiger partial charge >= 0.3 is 0 Å². The summed E-state index contributed by atoms with van der Waals surface area (Å²) in [5, 5.41) is 0. The minimum absolute atomic E-state index is 0.0104. The van der Waals surface area contributed by atoms with E-state index in [4.69, 9.17) is 10.5 Å². The van der Waals surface area contributed by atoms with Crippen molar-refractivity contribution < 1.29 is 13.2 Å². The molecule has 1 aliphatic rings. The monoisotopic (exact) mass is 284 g/mol. The molecule has 1 aliphatic carbocycles. The third-order valence-corrected chi connectivity index (χ3v) is 5.06. The molecule has 106 valence electrons. The van der Waals surface area contributed by atoms with Crippen molar-refractivity contribution in [2.45, 2.75) is 37.8 Å². The highest BCUT2D eigenvalue weighted by molar-refractivity contribution is 7.89. The second-order valence-corrected chi connectivity index (χ2v) is 7.24. The quantitative estimate of drug-likeness (QED) is 0.852. The summed E-state index contributed by atoms with van der Waals surface area (Å²) in [6, 6.07) is 4.95. The van der Waals surface area contributed by atoms with E-state index < -0.39 is 10.0 Å². The second-order valence-electron chi connectivity index (χ2n) is 5.56. The zero-order valence-electron chi connectivity index (χ0n) is 11.4. The van der Waals surface area contributed by atoms with Crippen LogP contribution in [0.15, 0.2) is 23.1 Å². The van der Waals surface area contributed by atoms with Crippen LogP contribution in [0.1, 0.15) is 25.8 Å². The fraction of sp³-hybridized carbons (Fsp3) is 0.538. The Morgan fingerprint density at radius 3 is 2.58 bits per heavy atom. The van der Waals surface area contributed by atoms with Gasteiger partial charge in [-0.1, -0.05) is 19.9 Å². The van der Waals surface area contributed by atoms with Crippen molar-refractivity contribution >= 4 is 10.0 Å². The molecular weight excluding hydrogens is 264 g/mol. The minimum atomic E-state index is -3.57. The Morgan fingerprint density at radius 1 is 1.47 bits per heavy atom. The maximum Gasteiger partial charge on any atom is 0.244 e. The summed E-state index contributed by atoms with van der Waals surface area (Å²) in [6.45, 7) is 4.36. The van der Waals surface area contributed by atoms with Crippen LogP contribution in [0.5, 0.6) is 5.75 Å². The molecule has 1 aromatic carbocycles. The number of nitrogens with two attached hydrogens (primary N) is 1. The van der Waals surface area contributed by atoms with Crippen LogP contribution in [-0.4, -0.2) is 21.6 Å². The number of rotatable bonds is 5. The SMILES string of the molecule is COc1ccc(CN)cc1S(=O)(=O)NC1CC1(C)C. The van der Waals surface area contributed by atoms with E-state index in [-0.39, 0.29) is 16.4 Å². The van der Waals surface area contributed by atoms with Crippen molar-refractivity contribution in [2.75, 3.05) is 7.11 Å². The number of hydrogen-bond acceptors (Lipinski definition) is 4. The van der Waals surface area contributed by atoms with Crippen molar-refractivity contribution in [3.8, 4) is 5.75 Å². The highest BCUT2D eigenvalue weighted by Gasteiger charge is 2.48. The highest BCUT2D eigenvalue weighted by Crippen LogP contribution is 2.45. The van der Waals surface area contributed by atoms with Crippen LogP contribution in [-0.2, 0) is 16.6 Å². The van der Waals surface area contributed by atoms with Crippen LogP contribution in [0.2, 0.25) is 0 Å². The van der Waals surface area contributed by atoms with E-state index in [1.807, 2.05) is 13.8 Å². The third kappa shape index (κ3) is 2.91. The lowest BCUT2D eigenvalue weighted by atomic mass is 10.2. The first kappa shape index (κ1) is 14.3. The number of methoxy groups -OCH3 is 1. The van der Waals surface area contributed by atoms with Gasteiger partial charge in [0.25, 0.3) is 0 Å². The molecule has 0 spiro atoms. The Kier molecular flexibility index (Phi) is 3.59. The van der Waals surface area contributed by atoms with Crippen molar-refractivity contribution in [2.24, 2.45) is 11.1 Å². The Hall–Kier alpha value is -1.11. The molecule has 1 aromatic rings. The van der Waals surface area contributed by atoms with Crippen LogP contribution < -0.4 is 15.2 Å². The molecule has 19 heavy (non-hydrogen) atoms. The van der Waals surface area contributed by atoms with Crippen molar-refractivity contribution in [1.29, 1.82) is 0 Å². The molecule has 5 nitrogen and oxygen atoms in total. The van der Waals surface area contributed by atoms with Crippen LogP contribution in [0.4, 0.5) is 0 Å². The molecule has 0 saturated heterocycles. The average Bonchev–Trinajstić information content (AvgIpc) is 2.94. The van der Waals surface area contributed by atoms with Gasteiger partial charge in [0.05, 0.1) is 7.11 Å². The van der Waals surface area contributed by atoms with Gasteiger partial charge in [-0.25, -0.2) is 13.1 Å². The number of benzene rings is 1. The van der Waals surface area contributed by atoms with Gasteiger partial charge in [-0.15, -0.1) is 0 Å². The van der Waals surface area contributed by atoms with E-state index in [1.165, 1.54) is 7.11 Å². The fourth-order valence-corrected chi connectivity index (χ4v) is 3.60. The van der Waals surface area contributed by atoms with Gasteiger partial charge in [-0.3, -0.25) is 0 Å². The zero-order valence-corrected chi connectivity index (χ0v) is 12.3. The van der Waals surface area contributed by atoms with E-state index in [0.717, 1.165) is 12.0 Å². The van der Waals surface area contributed by atoms with E-state index in [9.17, 15) is 8.42 Å². The molecule has 2 rings (SSSR count). The molecule has 0 bridgehead atoms. The maximum absolute atomic E-state index is 12.4. The molecular formula is C13H20N2O3S. The first-order valence-corrected chi connectivity index (χ1v) is 7.68. The number of nitrogens with one attached hydrogen (secondary N) is 1. The predicted molar refractivity (Wildman–Crippen MR) is 73.4 cm³/mol. The van der Waals surface area contributed by atoms with Crippen molar-refractivity contribution in [3.63, 3.8) is 0 Å². The minimum Gasteiger partial charge on any atom is -0.495 e. The number of sulfonamides is 1. The van der Waals surface area contributed by atoms with E-state index in [2.05, 4.69) is 4.72 Å². The van der Waals surface area contributed by atoms with E-state index >= 15 is 0 Å². The highest BCUT2D eigenvalue weighted by atomic mass is 32.2. The second kappa shape index (κ2) is 4.77. The first-order valence-electron chi connectivity index (χ1n) is 6.19. The normalized spacial score (nSPS) is 21.2. The Morgan fingerprint density at radius 2 is 2.11 bits per heavy atom. The molecule has 0 amide bonds. The van der Waals surface area contributed by atoms with Gasteiger partial charge in [0, 0.05) is 12.6 Å². The van der Waals surface area contributed by atoms with Crippen molar-refractivity contribution in [1.82, 2.24) is 4.72 Å². The molecule has 0 aromatic heterocycles. The van der Waals surface area contributed by atoms with E-state index in [0.29, 0.717) is 12.3 Å². The van der Waals surface area contributed by atoms with Gasteiger partial charge < -0.3 is 10.5 Å². The zero-order chi connectivity index (χ0) is 14.3. The van der Waals surface area contributed by atoms with Crippen LogP contribution in [0.25, 0.3) is 0 Å². The fourth-order valence-electron chi connectivity index (χ4n) is 1.98. The largest absolute Gasteiger partial charge is 0.495 e. The summed E-state index contributed by atoms with van der Waals surface area (Å²) < 4.78 is 32.6. The van der Waals surface area contributed by atoms with Crippen LogP contribution in [0.3, 0.4) is 0 Å². The molecule has 0 aliphatic heterocycles. The van der Waals surface area contributed by atoms with Crippen LogP contribution in [0, 0.1) is 5.41 Å². The Labute approximate surface area is 114 Å². The summed E-state index contributed by atoms with van der Waals surface area (Å²) in [4.78, 5) is 0.153. The maximum atomic E-state index is 12.4. The summed E-state index contributed by atoms with van der Waals surface area (Å²) in [5.74, 6) is 0.336. The van der Waals surface area contributed by atoms with Gasteiger partial charge in [-0.2, -0.15) is 0 Å².